The number of amides is 1. The number of hydrogen-bond donors (Lipinski definition) is 1. The zero-order valence-corrected chi connectivity index (χ0v) is 12.8. The summed E-state index contributed by atoms with van der Waals surface area (Å²) in [7, 11) is 0. The van der Waals surface area contributed by atoms with E-state index in [0.29, 0.717) is 23.5 Å². The first-order valence-corrected chi connectivity index (χ1v) is 7.26. The molecule has 0 heterocycles. The van der Waals surface area contributed by atoms with Crippen molar-refractivity contribution in [3.63, 3.8) is 0 Å². The summed E-state index contributed by atoms with van der Waals surface area (Å²) in [6.45, 7) is 2.58. The third kappa shape index (κ3) is 3.89. The molecule has 0 unspecified atom stereocenters. The fraction of sp³-hybridized carbons (Fsp3) is 0.176. The number of thiocarbonyl (C=S) groups is 1. The molecule has 0 bridgehead atoms. The van der Waals surface area contributed by atoms with Gasteiger partial charge in [0.15, 0.2) is 0 Å². The molecule has 0 spiro atoms. The van der Waals surface area contributed by atoms with E-state index in [1.807, 2.05) is 61.5 Å². The van der Waals surface area contributed by atoms with Crippen molar-refractivity contribution in [2.24, 2.45) is 5.73 Å². The fourth-order valence-electron chi connectivity index (χ4n) is 2.22. The molecule has 2 rings (SSSR count). The normalized spacial score (nSPS) is 10.1. The summed E-state index contributed by atoms with van der Waals surface area (Å²) in [6, 6.07) is 17.1. The Bertz CT molecular complexity index is 640. The van der Waals surface area contributed by atoms with Crippen molar-refractivity contribution in [2.75, 3.05) is 11.4 Å². The maximum Gasteiger partial charge on any atom is 0.258 e. The van der Waals surface area contributed by atoms with Crippen LogP contribution in [0.2, 0.25) is 0 Å². The SMILES string of the molecule is CCN(C(=O)c1cccc(CC(N)=S)c1)c1ccccc1. The summed E-state index contributed by atoms with van der Waals surface area (Å²) >= 11 is 4.92. The highest BCUT2D eigenvalue weighted by Crippen LogP contribution is 2.17. The Morgan fingerprint density at radius 1 is 1.14 bits per heavy atom. The molecular weight excluding hydrogens is 280 g/mol. The first-order chi connectivity index (χ1) is 10.1. The Hall–Kier alpha value is -2.20. The molecule has 3 nitrogen and oxygen atoms in total. The van der Waals surface area contributed by atoms with E-state index in [-0.39, 0.29) is 5.91 Å². The van der Waals surface area contributed by atoms with Gasteiger partial charge in [0.2, 0.25) is 0 Å². The van der Waals surface area contributed by atoms with Gasteiger partial charge in [-0.1, -0.05) is 42.5 Å². The number of rotatable bonds is 5. The van der Waals surface area contributed by atoms with Crippen molar-refractivity contribution in [1.29, 1.82) is 0 Å². The van der Waals surface area contributed by atoms with E-state index in [0.717, 1.165) is 11.3 Å². The number of carbonyl (C=O) groups excluding carboxylic acids is 1. The molecule has 0 aromatic heterocycles. The van der Waals surface area contributed by atoms with Gasteiger partial charge in [-0.2, -0.15) is 0 Å². The van der Waals surface area contributed by atoms with E-state index in [1.54, 1.807) is 4.90 Å². The maximum atomic E-state index is 12.7. The van der Waals surface area contributed by atoms with E-state index < -0.39 is 0 Å². The van der Waals surface area contributed by atoms with Gasteiger partial charge in [0.1, 0.15) is 0 Å². The van der Waals surface area contributed by atoms with Crippen molar-refractivity contribution in [1.82, 2.24) is 0 Å². The summed E-state index contributed by atoms with van der Waals surface area (Å²) in [6.07, 6.45) is 0.508. The van der Waals surface area contributed by atoms with Crippen molar-refractivity contribution in [3.05, 3.63) is 65.7 Å². The zero-order valence-electron chi connectivity index (χ0n) is 12.0. The number of nitrogens with two attached hydrogens (primary N) is 1. The fourth-order valence-corrected chi connectivity index (χ4v) is 2.39. The number of para-hydroxylation sites is 1. The van der Waals surface area contributed by atoms with Crippen LogP contribution in [-0.4, -0.2) is 17.4 Å². The predicted molar refractivity (Wildman–Crippen MR) is 90.7 cm³/mol. The minimum atomic E-state index is -0.0199. The standard InChI is InChI=1S/C17H18N2OS/c1-2-19(15-9-4-3-5-10-15)17(20)14-8-6-7-13(11-14)12-16(18)21/h3-11H,2,12H2,1H3,(H2,18,21). The van der Waals surface area contributed by atoms with Gasteiger partial charge in [-0.15, -0.1) is 0 Å². The lowest BCUT2D eigenvalue weighted by Crippen LogP contribution is -2.30. The molecule has 0 saturated carbocycles. The summed E-state index contributed by atoms with van der Waals surface area (Å²) in [5.41, 5.74) is 8.06. The molecule has 0 saturated heterocycles. The van der Waals surface area contributed by atoms with E-state index in [1.165, 1.54) is 0 Å². The Morgan fingerprint density at radius 3 is 2.48 bits per heavy atom. The van der Waals surface area contributed by atoms with Crippen LogP contribution in [0.5, 0.6) is 0 Å². The van der Waals surface area contributed by atoms with Gasteiger partial charge in [0.05, 0.1) is 4.99 Å². The van der Waals surface area contributed by atoms with E-state index in [4.69, 9.17) is 18.0 Å². The smallest absolute Gasteiger partial charge is 0.258 e. The molecule has 0 fully saturated rings. The highest BCUT2D eigenvalue weighted by molar-refractivity contribution is 7.80. The van der Waals surface area contributed by atoms with Crippen LogP contribution in [0.15, 0.2) is 54.6 Å². The molecule has 108 valence electrons. The van der Waals surface area contributed by atoms with Crippen molar-refractivity contribution >= 4 is 28.8 Å². The van der Waals surface area contributed by atoms with E-state index in [9.17, 15) is 4.79 Å². The largest absolute Gasteiger partial charge is 0.393 e. The molecule has 2 aromatic rings. The highest BCUT2D eigenvalue weighted by atomic mass is 32.1. The summed E-state index contributed by atoms with van der Waals surface area (Å²) < 4.78 is 0. The van der Waals surface area contributed by atoms with Gasteiger partial charge in [0, 0.05) is 24.2 Å². The lowest BCUT2D eigenvalue weighted by atomic mass is 10.1. The van der Waals surface area contributed by atoms with Gasteiger partial charge in [0.25, 0.3) is 5.91 Å². The van der Waals surface area contributed by atoms with Crippen LogP contribution in [0, 0.1) is 0 Å². The van der Waals surface area contributed by atoms with Crippen LogP contribution in [0.25, 0.3) is 0 Å². The first-order valence-electron chi connectivity index (χ1n) is 6.86. The van der Waals surface area contributed by atoms with Gasteiger partial charge < -0.3 is 10.6 Å². The number of benzene rings is 2. The van der Waals surface area contributed by atoms with E-state index >= 15 is 0 Å². The average molecular weight is 298 g/mol. The van der Waals surface area contributed by atoms with Crippen molar-refractivity contribution < 1.29 is 4.79 Å². The predicted octanol–water partition coefficient (Wildman–Crippen LogP) is 3.18. The van der Waals surface area contributed by atoms with Crippen LogP contribution in [0.1, 0.15) is 22.8 Å². The third-order valence-corrected chi connectivity index (χ3v) is 3.33. The minimum Gasteiger partial charge on any atom is -0.393 e. The Labute approximate surface area is 130 Å². The molecule has 0 atom stereocenters. The van der Waals surface area contributed by atoms with Gasteiger partial charge in [-0.05, 0) is 36.8 Å². The van der Waals surface area contributed by atoms with Crippen LogP contribution < -0.4 is 10.6 Å². The second kappa shape index (κ2) is 6.99. The Balaban J connectivity index is 2.28. The zero-order chi connectivity index (χ0) is 15.2. The Kier molecular flexibility index (Phi) is 5.06. The second-order valence-electron chi connectivity index (χ2n) is 4.73. The van der Waals surface area contributed by atoms with E-state index in [2.05, 4.69) is 0 Å². The third-order valence-electron chi connectivity index (χ3n) is 3.18. The molecule has 4 heteroatoms. The Morgan fingerprint density at radius 2 is 1.86 bits per heavy atom. The molecule has 0 aliphatic heterocycles. The quantitative estimate of drug-likeness (QED) is 0.862. The summed E-state index contributed by atoms with van der Waals surface area (Å²) in [5.74, 6) is -0.0199. The second-order valence-corrected chi connectivity index (χ2v) is 5.25. The molecule has 1 amide bonds. The van der Waals surface area contributed by atoms with Gasteiger partial charge in [-0.25, -0.2) is 0 Å². The van der Waals surface area contributed by atoms with Gasteiger partial charge in [-0.3, -0.25) is 4.79 Å². The maximum absolute atomic E-state index is 12.7. The molecule has 0 aliphatic rings. The molecule has 21 heavy (non-hydrogen) atoms. The van der Waals surface area contributed by atoms with Crippen LogP contribution in [0.3, 0.4) is 0 Å². The van der Waals surface area contributed by atoms with Crippen LogP contribution in [-0.2, 0) is 6.42 Å². The first kappa shape index (κ1) is 15.2. The lowest BCUT2D eigenvalue weighted by molar-refractivity contribution is 0.0988. The molecule has 0 aliphatic carbocycles. The highest BCUT2D eigenvalue weighted by Gasteiger charge is 2.16. The molecule has 0 radical (unpaired) electrons. The molecular formula is C17H18N2OS. The number of anilines is 1. The van der Waals surface area contributed by atoms with Crippen molar-refractivity contribution in [2.45, 2.75) is 13.3 Å². The summed E-state index contributed by atoms with van der Waals surface area (Å²) in [4.78, 5) is 14.9. The topological polar surface area (TPSA) is 46.3 Å². The lowest BCUT2D eigenvalue weighted by Gasteiger charge is -2.21. The minimum absolute atomic E-state index is 0.0199. The average Bonchev–Trinajstić information content (AvgIpc) is 2.48. The summed E-state index contributed by atoms with van der Waals surface area (Å²) in [5, 5.41) is 0. The molecule has 2 N–H and O–H groups in total. The number of carbonyl (C=O) groups is 1. The van der Waals surface area contributed by atoms with Crippen LogP contribution in [0.4, 0.5) is 5.69 Å². The number of nitrogens with zero attached hydrogens (tertiary/aromatic N) is 1. The van der Waals surface area contributed by atoms with Crippen LogP contribution >= 0.6 is 12.2 Å². The monoisotopic (exact) mass is 298 g/mol. The molecule has 2 aromatic carbocycles. The number of hydrogen-bond acceptors (Lipinski definition) is 2. The van der Waals surface area contributed by atoms with Gasteiger partial charge >= 0.3 is 0 Å². The van der Waals surface area contributed by atoms with Crippen molar-refractivity contribution in [3.8, 4) is 0 Å².